The van der Waals surface area contributed by atoms with Crippen LogP contribution in [0.3, 0.4) is 0 Å². The van der Waals surface area contributed by atoms with E-state index in [1.54, 1.807) is 103 Å². The van der Waals surface area contributed by atoms with Gasteiger partial charge in [-0.15, -0.1) is 22.7 Å². The van der Waals surface area contributed by atoms with Crippen LogP contribution in [0.25, 0.3) is 42.0 Å². The third kappa shape index (κ3) is 15.0. The first kappa shape index (κ1) is 52.0. The number of hydrogen-bond acceptors (Lipinski definition) is 12. The number of amides is 2. The molecule has 6 rings (SSSR count). The van der Waals surface area contributed by atoms with E-state index in [-0.39, 0.29) is 22.0 Å². The van der Waals surface area contributed by atoms with Gasteiger partial charge in [0.05, 0.1) is 31.8 Å². The number of aryl methyl sites for hydroxylation is 1. The van der Waals surface area contributed by atoms with Gasteiger partial charge in [-0.2, -0.15) is 0 Å². The summed E-state index contributed by atoms with van der Waals surface area (Å²) in [4.78, 5) is 34.4. The van der Waals surface area contributed by atoms with E-state index in [2.05, 4.69) is 46.0 Å². The van der Waals surface area contributed by atoms with E-state index in [1.165, 1.54) is 22.7 Å². The highest BCUT2D eigenvalue weighted by Gasteiger charge is 2.28. The standard InChI is InChI=1S/C24H29N3O4S2.C23H26BrN3O4S2/c1-15(2)31-23(28)26-18-10-8-17(9-11-18)22-25-14-20(32-22)19-12-7-16(3)13-21(19)33(29,30)27-24(4,5)6;1-14(2)31-22(28)26-17-9-6-15(7-10-17)21-25-13-19(32-21)18-11-8-16(24)12-20(18)33(29,30)27-23(3,4)5/h7-15,27H,1-6H3,(H,26,28);6-14,27H,1-5H3,(H,26,28). The van der Waals surface area contributed by atoms with Gasteiger partial charge in [0.15, 0.2) is 0 Å². The lowest BCUT2D eigenvalue weighted by molar-refractivity contribution is 0.129. The molecule has 2 heterocycles. The fourth-order valence-electron chi connectivity index (χ4n) is 6.07. The van der Waals surface area contributed by atoms with Crippen molar-refractivity contribution >= 4 is 82.2 Å². The molecule has 0 aliphatic rings. The van der Waals surface area contributed by atoms with Crippen LogP contribution < -0.4 is 20.1 Å². The summed E-state index contributed by atoms with van der Waals surface area (Å²) in [5.74, 6) is 0. The minimum Gasteiger partial charge on any atom is -0.447 e. The molecule has 0 aliphatic heterocycles. The Hall–Kier alpha value is -5.02. The monoisotopic (exact) mass is 1040 g/mol. The molecule has 0 atom stereocenters. The van der Waals surface area contributed by atoms with E-state index in [4.69, 9.17) is 9.47 Å². The lowest BCUT2D eigenvalue weighted by Crippen LogP contribution is -2.40. The molecule has 6 aromatic rings. The molecule has 0 saturated carbocycles. The van der Waals surface area contributed by atoms with Crippen molar-refractivity contribution in [3.05, 3.63) is 107 Å². The van der Waals surface area contributed by atoms with E-state index >= 15 is 0 Å². The number of thiazole rings is 2. The number of nitrogens with one attached hydrogen (secondary N) is 4. The zero-order valence-corrected chi connectivity index (χ0v) is 43.4. The topological polar surface area (TPSA) is 195 Å². The lowest BCUT2D eigenvalue weighted by atomic mass is 10.1. The number of carbonyl (C=O) groups excluding carboxylic acids is 2. The predicted octanol–water partition coefficient (Wildman–Crippen LogP) is 12.1. The third-order valence-corrected chi connectivity index (χ3v) is 14.8. The number of carbonyl (C=O) groups is 2. The van der Waals surface area contributed by atoms with Crippen LogP contribution in [0.4, 0.5) is 21.0 Å². The number of halogens is 1. The fourth-order valence-corrected chi connectivity index (χ4v) is 12.0. The van der Waals surface area contributed by atoms with Gasteiger partial charge in [0.25, 0.3) is 0 Å². The van der Waals surface area contributed by atoms with Crippen molar-refractivity contribution in [3.63, 3.8) is 0 Å². The van der Waals surface area contributed by atoms with Gasteiger partial charge >= 0.3 is 12.2 Å². The summed E-state index contributed by atoms with van der Waals surface area (Å²) in [6.07, 6.45) is 1.93. The molecule has 2 amide bonds. The van der Waals surface area contributed by atoms with Crippen molar-refractivity contribution in [1.29, 1.82) is 0 Å². The number of ether oxygens (including phenoxy) is 2. The quantitative estimate of drug-likeness (QED) is 0.0916. The molecule has 4 aromatic carbocycles. The first-order chi connectivity index (χ1) is 30.7. The number of benzene rings is 4. The maximum Gasteiger partial charge on any atom is 0.411 e. The molecule has 0 fully saturated rings. The average Bonchev–Trinajstić information content (AvgIpc) is 3.88. The number of hydrogen-bond donors (Lipinski definition) is 4. The number of rotatable bonds is 12. The normalized spacial score (nSPS) is 12.1. The molecule has 0 unspecified atom stereocenters. The summed E-state index contributed by atoms with van der Waals surface area (Å²) in [5.41, 5.74) is 3.75. The maximum atomic E-state index is 13.1. The zero-order chi connectivity index (χ0) is 48.8. The number of aromatic nitrogens is 2. The van der Waals surface area contributed by atoms with E-state index in [9.17, 15) is 26.4 Å². The smallest absolute Gasteiger partial charge is 0.411 e. The Morgan fingerprint density at radius 2 is 0.970 bits per heavy atom. The number of nitrogens with zero attached hydrogens (tertiary/aromatic N) is 2. The van der Waals surface area contributed by atoms with Gasteiger partial charge in [0.2, 0.25) is 20.0 Å². The minimum absolute atomic E-state index is 0.185. The molecule has 0 aliphatic carbocycles. The molecule has 352 valence electrons. The highest BCUT2D eigenvalue weighted by Crippen LogP contribution is 2.38. The Morgan fingerprint density at radius 1 is 0.591 bits per heavy atom. The molecule has 0 bridgehead atoms. The van der Waals surface area contributed by atoms with Gasteiger partial charge in [0, 0.05) is 61.6 Å². The molecule has 19 heteroatoms. The van der Waals surface area contributed by atoms with Crippen molar-refractivity contribution in [2.45, 2.75) is 109 Å². The summed E-state index contributed by atoms with van der Waals surface area (Å²) >= 11 is 6.17. The molecule has 0 radical (unpaired) electrons. The summed E-state index contributed by atoms with van der Waals surface area (Å²) in [5, 5.41) is 6.83. The second kappa shape index (κ2) is 21.3. The molecular formula is C47H55BrN6O8S4. The molecule has 0 spiro atoms. The van der Waals surface area contributed by atoms with E-state index in [0.717, 1.165) is 36.5 Å². The van der Waals surface area contributed by atoms with Crippen molar-refractivity contribution < 1.29 is 35.9 Å². The second-order valence-electron chi connectivity index (χ2n) is 17.7. The van der Waals surface area contributed by atoms with Gasteiger partial charge in [-0.05, 0) is 148 Å². The Balaban J connectivity index is 0.000000247. The average molecular weight is 1040 g/mol. The first-order valence-electron chi connectivity index (χ1n) is 20.7. The Labute approximate surface area is 404 Å². The number of sulfonamides is 2. The van der Waals surface area contributed by atoms with Crippen LogP contribution in [0.15, 0.2) is 112 Å². The highest BCUT2D eigenvalue weighted by molar-refractivity contribution is 9.10. The van der Waals surface area contributed by atoms with Gasteiger partial charge in [-0.1, -0.05) is 34.1 Å². The van der Waals surface area contributed by atoms with Crippen molar-refractivity contribution in [1.82, 2.24) is 19.4 Å². The van der Waals surface area contributed by atoms with Crippen molar-refractivity contribution in [2.24, 2.45) is 0 Å². The van der Waals surface area contributed by atoms with Gasteiger partial charge in [-0.25, -0.2) is 45.8 Å². The van der Waals surface area contributed by atoms with Crippen LogP contribution >= 0.6 is 38.6 Å². The molecule has 4 N–H and O–H groups in total. The predicted molar refractivity (Wildman–Crippen MR) is 269 cm³/mol. The Kier molecular flexibility index (Phi) is 16.8. The lowest BCUT2D eigenvalue weighted by Gasteiger charge is -2.21. The fraction of sp³-hybridized carbons (Fsp3) is 0.319. The first-order valence-corrected chi connectivity index (χ1v) is 26.1. The summed E-state index contributed by atoms with van der Waals surface area (Å²) < 4.78 is 68.6. The van der Waals surface area contributed by atoms with Crippen LogP contribution in [-0.4, -0.2) is 62.3 Å². The Morgan fingerprint density at radius 3 is 1.35 bits per heavy atom. The zero-order valence-electron chi connectivity index (χ0n) is 38.6. The largest absolute Gasteiger partial charge is 0.447 e. The Bertz CT molecular complexity index is 2690. The molecule has 2 aromatic heterocycles. The van der Waals surface area contributed by atoms with E-state index in [0.29, 0.717) is 27.0 Å². The molecular weight excluding hydrogens is 985 g/mol. The molecule has 66 heavy (non-hydrogen) atoms. The van der Waals surface area contributed by atoms with Gasteiger partial charge < -0.3 is 9.47 Å². The van der Waals surface area contributed by atoms with Gasteiger partial charge in [-0.3, -0.25) is 10.6 Å². The van der Waals surface area contributed by atoms with Crippen LogP contribution in [0, 0.1) is 6.92 Å². The van der Waals surface area contributed by atoms with Crippen molar-refractivity contribution in [2.75, 3.05) is 10.6 Å². The van der Waals surface area contributed by atoms with Crippen LogP contribution in [0.5, 0.6) is 0 Å². The third-order valence-electron chi connectivity index (χ3n) is 8.53. The van der Waals surface area contributed by atoms with E-state index < -0.39 is 43.3 Å². The molecule has 0 saturated heterocycles. The number of anilines is 2. The van der Waals surface area contributed by atoms with Gasteiger partial charge in [0.1, 0.15) is 10.0 Å². The van der Waals surface area contributed by atoms with Crippen molar-refractivity contribution in [3.8, 4) is 42.0 Å². The van der Waals surface area contributed by atoms with Crippen LogP contribution in [0.1, 0.15) is 74.8 Å². The summed E-state index contributed by atoms with van der Waals surface area (Å²) in [7, 11) is -7.48. The van der Waals surface area contributed by atoms with E-state index in [1.807, 2.05) is 70.2 Å². The SMILES string of the molecule is CC(C)OC(=O)Nc1ccc(-c2ncc(-c3ccc(Br)cc3S(=O)(=O)NC(C)(C)C)s2)cc1.Cc1ccc(-c2cnc(-c3ccc(NC(=O)OC(C)C)cc3)s2)c(S(=O)(=O)NC(C)(C)C)c1. The second-order valence-corrected chi connectivity index (χ2v) is 24.0. The summed E-state index contributed by atoms with van der Waals surface area (Å²) in [6, 6.07) is 25.0. The summed E-state index contributed by atoms with van der Waals surface area (Å²) in [6.45, 7) is 19.8. The van der Waals surface area contributed by atoms with Crippen LogP contribution in [0.2, 0.25) is 0 Å². The minimum atomic E-state index is -3.75. The highest BCUT2D eigenvalue weighted by atomic mass is 79.9. The molecule has 14 nitrogen and oxygen atoms in total. The van der Waals surface area contributed by atoms with Crippen LogP contribution in [-0.2, 0) is 29.5 Å². The maximum absolute atomic E-state index is 13.1.